The van der Waals surface area contributed by atoms with Crippen molar-refractivity contribution in [3.63, 3.8) is 0 Å². The monoisotopic (exact) mass is 277 g/mol. The lowest BCUT2D eigenvalue weighted by Crippen LogP contribution is -2.10. The van der Waals surface area contributed by atoms with Gasteiger partial charge in [0.15, 0.2) is 0 Å². The molecule has 1 N–H and O–H groups in total. The number of nitrogens with one attached hydrogen (secondary N) is 1. The lowest BCUT2D eigenvalue weighted by atomic mass is 10.1. The molecule has 0 fully saturated rings. The predicted octanol–water partition coefficient (Wildman–Crippen LogP) is 3.92. The minimum Gasteiger partial charge on any atom is -0.375 e. The summed E-state index contributed by atoms with van der Waals surface area (Å²) in [6.07, 6.45) is 2.64. The maximum atomic E-state index is 10.9. The van der Waals surface area contributed by atoms with E-state index in [1.165, 1.54) is 6.07 Å². The van der Waals surface area contributed by atoms with Crippen molar-refractivity contribution in [3.05, 3.63) is 50.5 Å². The fourth-order valence-electron chi connectivity index (χ4n) is 1.91. The Balaban J connectivity index is 2.28. The van der Waals surface area contributed by atoms with E-state index in [1.54, 1.807) is 30.5 Å². The summed E-state index contributed by atoms with van der Waals surface area (Å²) in [6.45, 7) is 3.82. The van der Waals surface area contributed by atoms with Gasteiger partial charge in [-0.25, -0.2) is 4.98 Å². The number of hydrogen-bond donors (Lipinski definition) is 1. The average Bonchev–Trinajstić information content (AvgIpc) is 2.91. The van der Waals surface area contributed by atoms with E-state index in [1.807, 2.05) is 11.4 Å². The summed E-state index contributed by atoms with van der Waals surface area (Å²) < 4.78 is 0. The van der Waals surface area contributed by atoms with E-state index >= 15 is 0 Å². The molecule has 5 nitrogen and oxygen atoms in total. The Labute approximate surface area is 115 Å². The number of thiazole rings is 1. The minimum atomic E-state index is -0.356. The van der Waals surface area contributed by atoms with Crippen LogP contribution in [0.4, 0.5) is 11.4 Å². The van der Waals surface area contributed by atoms with Gasteiger partial charge in [-0.1, -0.05) is 13.0 Å². The molecule has 0 aliphatic heterocycles. The number of benzene rings is 1. The summed E-state index contributed by atoms with van der Waals surface area (Å²) >= 11 is 1.58. The predicted molar refractivity (Wildman–Crippen MR) is 76.6 cm³/mol. The molecule has 0 aliphatic rings. The van der Waals surface area contributed by atoms with Crippen LogP contribution in [-0.2, 0) is 0 Å². The van der Waals surface area contributed by atoms with Crippen molar-refractivity contribution in [2.75, 3.05) is 5.32 Å². The zero-order valence-corrected chi connectivity index (χ0v) is 11.6. The van der Waals surface area contributed by atoms with Gasteiger partial charge in [0.2, 0.25) is 0 Å². The molecule has 1 unspecified atom stereocenters. The summed E-state index contributed by atoms with van der Waals surface area (Å²) in [5.74, 6) is 0. The van der Waals surface area contributed by atoms with Crippen molar-refractivity contribution >= 4 is 22.7 Å². The molecule has 1 heterocycles. The Morgan fingerprint density at radius 2 is 2.32 bits per heavy atom. The van der Waals surface area contributed by atoms with Gasteiger partial charge >= 0.3 is 0 Å². The van der Waals surface area contributed by atoms with Gasteiger partial charge in [0.25, 0.3) is 5.69 Å². The molecule has 1 aromatic carbocycles. The number of nitrogens with zero attached hydrogens (tertiary/aromatic N) is 2. The van der Waals surface area contributed by atoms with Crippen LogP contribution in [0.25, 0.3) is 0 Å². The molecule has 0 amide bonds. The van der Waals surface area contributed by atoms with Gasteiger partial charge < -0.3 is 5.32 Å². The minimum absolute atomic E-state index is 0.0840. The number of anilines is 1. The normalized spacial score (nSPS) is 12.1. The Morgan fingerprint density at radius 3 is 2.89 bits per heavy atom. The molecule has 0 bridgehead atoms. The van der Waals surface area contributed by atoms with Gasteiger partial charge in [-0.2, -0.15) is 0 Å². The molecule has 0 saturated heterocycles. The molecular formula is C13H15N3O2S. The van der Waals surface area contributed by atoms with E-state index in [0.29, 0.717) is 5.56 Å². The molecule has 6 heteroatoms. The highest BCUT2D eigenvalue weighted by molar-refractivity contribution is 7.09. The molecule has 0 saturated carbocycles. The van der Waals surface area contributed by atoms with Crippen LogP contribution in [0.15, 0.2) is 29.8 Å². The number of aromatic nitrogens is 1. The lowest BCUT2D eigenvalue weighted by Gasteiger charge is -2.17. The van der Waals surface area contributed by atoms with E-state index in [4.69, 9.17) is 0 Å². The number of nitro groups is 1. The summed E-state index contributed by atoms with van der Waals surface area (Å²) in [6, 6.07) is 5.16. The van der Waals surface area contributed by atoms with Crippen LogP contribution < -0.4 is 5.32 Å². The van der Waals surface area contributed by atoms with E-state index < -0.39 is 0 Å². The van der Waals surface area contributed by atoms with Crippen molar-refractivity contribution in [2.45, 2.75) is 26.3 Å². The molecule has 0 aliphatic carbocycles. The summed E-state index contributed by atoms with van der Waals surface area (Å²) in [5, 5.41) is 17.2. The van der Waals surface area contributed by atoms with E-state index in [0.717, 1.165) is 17.1 Å². The van der Waals surface area contributed by atoms with Crippen molar-refractivity contribution in [1.29, 1.82) is 0 Å². The second-order valence-corrected chi connectivity index (χ2v) is 5.11. The molecule has 0 radical (unpaired) electrons. The zero-order chi connectivity index (χ0) is 13.8. The number of hydrogen-bond acceptors (Lipinski definition) is 5. The Kier molecular flexibility index (Phi) is 4.11. The smallest absolute Gasteiger partial charge is 0.274 e. The molecule has 19 heavy (non-hydrogen) atoms. The number of rotatable bonds is 5. The summed E-state index contributed by atoms with van der Waals surface area (Å²) in [7, 11) is 0. The van der Waals surface area contributed by atoms with Crippen molar-refractivity contribution in [1.82, 2.24) is 4.98 Å². The van der Waals surface area contributed by atoms with Crippen LogP contribution >= 0.6 is 11.3 Å². The van der Waals surface area contributed by atoms with Crippen LogP contribution in [0.3, 0.4) is 0 Å². The molecule has 0 spiro atoms. The highest BCUT2D eigenvalue weighted by Crippen LogP contribution is 2.30. The molecule has 1 aromatic heterocycles. The van der Waals surface area contributed by atoms with Crippen LogP contribution in [-0.4, -0.2) is 9.91 Å². The van der Waals surface area contributed by atoms with Gasteiger partial charge in [0, 0.05) is 28.9 Å². The van der Waals surface area contributed by atoms with Gasteiger partial charge in [-0.15, -0.1) is 11.3 Å². The van der Waals surface area contributed by atoms with Gasteiger partial charge in [0.1, 0.15) is 5.01 Å². The highest BCUT2D eigenvalue weighted by Gasteiger charge is 2.17. The second kappa shape index (κ2) is 5.79. The second-order valence-electron chi connectivity index (χ2n) is 4.18. The van der Waals surface area contributed by atoms with Gasteiger partial charge in [-0.3, -0.25) is 10.1 Å². The summed E-state index contributed by atoms with van der Waals surface area (Å²) in [4.78, 5) is 14.9. The molecule has 100 valence electrons. The van der Waals surface area contributed by atoms with Crippen molar-refractivity contribution < 1.29 is 4.92 Å². The molecule has 2 aromatic rings. The largest absolute Gasteiger partial charge is 0.375 e. The molecular weight excluding hydrogens is 262 g/mol. The van der Waals surface area contributed by atoms with E-state index in [-0.39, 0.29) is 16.7 Å². The Bertz CT molecular complexity index is 569. The third-order valence-electron chi connectivity index (χ3n) is 2.99. The fourth-order valence-corrected chi connectivity index (χ4v) is 2.68. The standard InChI is InChI=1S/C13H15N3O2S/c1-3-10(13-14-7-8-19-13)15-11-5-4-6-12(9(11)2)16(17)18/h4-8,10,15H,3H2,1-2H3. The lowest BCUT2D eigenvalue weighted by molar-refractivity contribution is -0.385. The van der Waals surface area contributed by atoms with Crippen molar-refractivity contribution in [3.8, 4) is 0 Å². The molecule has 1 atom stereocenters. The van der Waals surface area contributed by atoms with Crippen LogP contribution in [0.1, 0.15) is 30.0 Å². The van der Waals surface area contributed by atoms with Crippen LogP contribution in [0.2, 0.25) is 0 Å². The van der Waals surface area contributed by atoms with Crippen molar-refractivity contribution in [2.24, 2.45) is 0 Å². The van der Waals surface area contributed by atoms with E-state index in [2.05, 4.69) is 17.2 Å². The average molecular weight is 277 g/mol. The maximum Gasteiger partial charge on any atom is 0.274 e. The third-order valence-corrected chi connectivity index (χ3v) is 3.88. The first-order valence-electron chi connectivity index (χ1n) is 6.03. The van der Waals surface area contributed by atoms with Gasteiger partial charge in [-0.05, 0) is 19.4 Å². The quantitative estimate of drug-likeness (QED) is 0.664. The van der Waals surface area contributed by atoms with Crippen LogP contribution in [0, 0.1) is 17.0 Å². The number of nitro benzene ring substituents is 1. The maximum absolute atomic E-state index is 10.9. The van der Waals surface area contributed by atoms with E-state index in [9.17, 15) is 10.1 Å². The Hall–Kier alpha value is -1.95. The first-order valence-corrected chi connectivity index (χ1v) is 6.91. The first kappa shape index (κ1) is 13.5. The molecule has 2 rings (SSSR count). The van der Waals surface area contributed by atoms with Crippen LogP contribution in [0.5, 0.6) is 0 Å². The fraction of sp³-hybridized carbons (Fsp3) is 0.308. The topological polar surface area (TPSA) is 68.1 Å². The first-order chi connectivity index (χ1) is 9.13. The van der Waals surface area contributed by atoms with Gasteiger partial charge in [0.05, 0.1) is 11.0 Å². The SMILES string of the molecule is CCC(Nc1cccc([N+](=O)[O-])c1C)c1nccs1. The summed E-state index contributed by atoms with van der Waals surface area (Å²) in [5.41, 5.74) is 1.58. The Morgan fingerprint density at radius 1 is 1.53 bits per heavy atom. The third kappa shape index (κ3) is 2.90. The zero-order valence-electron chi connectivity index (χ0n) is 10.8. The highest BCUT2D eigenvalue weighted by atomic mass is 32.1.